The molecule has 8 aromatic carbocycles. The summed E-state index contributed by atoms with van der Waals surface area (Å²) < 4.78 is 8.96. The maximum absolute atomic E-state index is 6.62. The quantitative estimate of drug-likeness (QED) is 0.184. The average Bonchev–Trinajstić information content (AvgIpc) is 3.74. The van der Waals surface area contributed by atoms with Gasteiger partial charge in [0.2, 0.25) is 0 Å². The van der Waals surface area contributed by atoms with E-state index in [-0.39, 0.29) is 5.92 Å². The van der Waals surface area contributed by atoms with E-state index < -0.39 is 0 Å². The van der Waals surface area contributed by atoms with Crippen LogP contribution in [0.2, 0.25) is 0 Å². The van der Waals surface area contributed by atoms with Gasteiger partial charge >= 0.3 is 0 Å². The van der Waals surface area contributed by atoms with Gasteiger partial charge < -0.3 is 4.42 Å². The third-order valence-electron chi connectivity index (χ3n) is 11.9. The SMILES string of the molecule is c1ccc2c(c1)CCC(c1ccc3c(c1)c1c4ccccc4ccc1n3-c1nc3ccccc3nc1-c1cccc3c1oc1ccccc13)c1ccccc1-2. The number of benzene rings is 8. The number of rotatable bonds is 3. The van der Waals surface area contributed by atoms with Crippen molar-refractivity contribution in [3.05, 3.63) is 187 Å². The van der Waals surface area contributed by atoms with Crippen molar-refractivity contribution >= 4 is 65.6 Å². The average molecular weight is 704 g/mol. The Bertz CT molecular complexity index is 3350. The Kier molecular flexibility index (Phi) is 6.49. The molecule has 0 saturated heterocycles. The van der Waals surface area contributed by atoms with E-state index in [0.717, 1.165) is 73.9 Å². The predicted molar refractivity (Wildman–Crippen MR) is 226 cm³/mol. The first-order chi connectivity index (χ1) is 27.3. The summed E-state index contributed by atoms with van der Waals surface area (Å²) >= 11 is 0. The molecule has 0 spiro atoms. The van der Waals surface area contributed by atoms with Crippen LogP contribution >= 0.6 is 0 Å². The Balaban J connectivity index is 1.16. The lowest BCUT2D eigenvalue weighted by atomic mass is 9.85. The predicted octanol–water partition coefficient (Wildman–Crippen LogP) is 13.2. The van der Waals surface area contributed by atoms with Crippen LogP contribution in [-0.4, -0.2) is 14.5 Å². The molecule has 55 heavy (non-hydrogen) atoms. The fraction of sp³-hybridized carbons (Fsp3) is 0.0588. The Morgan fingerprint density at radius 2 is 1.24 bits per heavy atom. The van der Waals surface area contributed by atoms with Gasteiger partial charge in [-0.05, 0) is 93.9 Å². The minimum absolute atomic E-state index is 0.253. The van der Waals surface area contributed by atoms with Crippen LogP contribution in [0.4, 0.5) is 0 Å². The van der Waals surface area contributed by atoms with E-state index in [0.29, 0.717) is 0 Å². The molecule has 0 radical (unpaired) electrons. The molecule has 1 aliphatic carbocycles. The number of para-hydroxylation sites is 4. The maximum atomic E-state index is 6.62. The van der Waals surface area contributed by atoms with Crippen LogP contribution in [0.5, 0.6) is 0 Å². The lowest BCUT2D eigenvalue weighted by Gasteiger charge is -2.19. The van der Waals surface area contributed by atoms with Gasteiger partial charge in [0.25, 0.3) is 0 Å². The highest BCUT2D eigenvalue weighted by molar-refractivity contribution is 6.22. The maximum Gasteiger partial charge on any atom is 0.165 e. The molecule has 1 unspecified atom stereocenters. The van der Waals surface area contributed by atoms with Crippen molar-refractivity contribution in [3.63, 3.8) is 0 Å². The molecule has 0 fully saturated rings. The van der Waals surface area contributed by atoms with Crippen LogP contribution in [0, 0.1) is 0 Å². The van der Waals surface area contributed by atoms with Gasteiger partial charge in [-0.2, -0.15) is 0 Å². The topological polar surface area (TPSA) is 43.9 Å². The molecule has 12 rings (SSSR count). The smallest absolute Gasteiger partial charge is 0.165 e. The molecule has 1 atom stereocenters. The molecule has 4 heteroatoms. The van der Waals surface area contributed by atoms with Gasteiger partial charge in [-0.15, -0.1) is 0 Å². The molecule has 11 aromatic rings. The lowest BCUT2D eigenvalue weighted by Crippen LogP contribution is -2.04. The molecule has 258 valence electrons. The molecular formula is C51H33N3O. The first-order valence-electron chi connectivity index (χ1n) is 19.1. The highest BCUT2D eigenvalue weighted by Crippen LogP contribution is 2.45. The van der Waals surface area contributed by atoms with Gasteiger partial charge in [0.05, 0.1) is 22.1 Å². The third kappa shape index (κ3) is 4.52. The van der Waals surface area contributed by atoms with Gasteiger partial charge in [-0.3, -0.25) is 4.57 Å². The van der Waals surface area contributed by atoms with Crippen molar-refractivity contribution in [2.24, 2.45) is 0 Å². The minimum atomic E-state index is 0.253. The monoisotopic (exact) mass is 703 g/mol. The number of nitrogens with zero attached hydrogens (tertiary/aromatic N) is 3. The summed E-state index contributed by atoms with van der Waals surface area (Å²) in [5, 5.41) is 7.04. The summed E-state index contributed by atoms with van der Waals surface area (Å²) in [6.07, 6.45) is 2.07. The highest BCUT2D eigenvalue weighted by atomic mass is 16.3. The van der Waals surface area contributed by atoms with Crippen LogP contribution in [0.3, 0.4) is 0 Å². The second-order valence-corrected chi connectivity index (χ2v) is 14.8. The zero-order valence-electron chi connectivity index (χ0n) is 29.9. The molecule has 3 heterocycles. The summed E-state index contributed by atoms with van der Waals surface area (Å²) in [4.78, 5) is 10.9. The van der Waals surface area contributed by atoms with E-state index in [1.165, 1.54) is 49.4 Å². The van der Waals surface area contributed by atoms with Crippen molar-refractivity contribution in [1.29, 1.82) is 0 Å². The Hall–Kier alpha value is -7.04. The minimum Gasteiger partial charge on any atom is -0.455 e. The number of hydrogen-bond donors (Lipinski definition) is 0. The van der Waals surface area contributed by atoms with E-state index in [2.05, 4.69) is 144 Å². The zero-order chi connectivity index (χ0) is 36.0. The summed E-state index contributed by atoms with van der Waals surface area (Å²) in [7, 11) is 0. The highest BCUT2D eigenvalue weighted by Gasteiger charge is 2.27. The summed E-state index contributed by atoms with van der Waals surface area (Å²) in [6.45, 7) is 0. The van der Waals surface area contributed by atoms with Crippen LogP contribution in [-0.2, 0) is 6.42 Å². The number of aryl methyl sites for hydroxylation is 1. The molecule has 0 saturated carbocycles. The lowest BCUT2D eigenvalue weighted by molar-refractivity contribution is 0.669. The van der Waals surface area contributed by atoms with E-state index in [1.807, 2.05) is 30.3 Å². The van der Waals surface area contributed by atoms with Crippen LogP contribution in [0.15, 0.2) is 174 Å². The summed E-state index contributed by atoms with van der Waals surface area (Å²) in [5.74, 6) is 1.04. The molecular weight excluding hydrogens is 671 g/mol. The van der Waals surface area contributed by atoms with Crippen molar-refractivity contribution < 1.29 is 4.42 Å². The third-order valence-corrected chi connectivity index (χ3v) is 11.9. The zero-order valence-corrected chi connectivity index (χ0v) is 29.9. The van der Waals surface area contributed by atoms with Crippen LogP contribution < -0.4 is 0 Å². The number of furan rings is 1. The van der Waals surface area contributed by atoms with Crippen molar-refractivity contribution in [2.75, 3.05) is 0 Å². The van der Waals surface area contributed by atoms with E-state index in [1.54, 1.807) is 0 Å². The molecule has 4 nitrogen and oxygen atoms in total. The van der Waals surface area contributed by atoms with Gasteiger partial charge in [0.15, 0.2) is 5.82 Å². The van der Waals surface area contributed by atoms with Crippen LogP contribution in [0.1, 0.15) is 29.0 Å². The molecule has 0 bridgehead atoms. The number of fused-ring (bicyclic) bond motifs is 12. The van der Waals surface area contributed by atoms with Crippen molar-refractivity contribution in [3.8, 4) is 28.2 Å². The Labute approximate surface area is 316 Å². The fourth-order valence-corrected chi connectivity index (χ4v) is 9.36. The van der Waals surface area contributed by atoms with Gasteiger partial charge in [0, 0.05) is 33.0 Å². The van der Waals surface area contributed by atoms with E-state index >= 15 is 0 Å². The fourth-order valence-electron chi connectivity index (χ4n) is 9.36. The van der Waals surface area contributed by atoms with Gasteiger partial charge in [-0.1, -0.05) is 127 Å². The Morgan fingerprint density at radius 1 is 0.527 bits per heavy atom. The molecule has 1 aliphatic rings. The molecule has 0 amide bonds. The second kappa shape index (κ2) is 11.7. The Morgan fingerprint density at radius 3 is 2.16 bits per heavy atom. The number of aromatic nitrogens is 3. The summed E-state index contributed by atoms with van der Waals surface area (Å²) in [6, 6.07) is 61.1. The largest absolute Gasteiger partial charge is 0.455 e. The molecule has 3 aromatic heterocycles. The second-order valence-electron chi connectivity index (χ2n) is 14.8. The van der Waals surface area contributed by atoms with Gasteiger partial charge in [0.1, 0.15) is 16.9 Å². The summed E-state index contributed by atoms with van der Waals surface area (Å²) in [5.41, 5.74) is 14.1. The standard InChI is InChI=1S/C51H33N3O/c1-3-14-34-31(12-1)24-27-35(38-17-6-5-16-37(34)38)33-26-28-45-42(30-33)48-36-15-4-2-13-32(36)25-29-46(48)54(45)51-49(52-43-21-8-9-22-44(43)53-51)41-20-11-19-40-39-18-7-10-23-47(39)55-50(40)41/h1-23,25-26,28-30,35H,24,27H2. The first kappa shape index (κ1) is 30.4. The van der Waals surface area contributed by atoms with Crippen molar-refractivity contribution in [2.45, 2.75) is 18.8 Å². The normalized spacial score (nSPS) is 14.2. The molecule has 0 aliphatic heterocycles. The van der Waals surface area contributed by atoms with Crippen LogP contribution in [0.25, 0.3) is 93.8 Å². The molecule has 0 N–H and O–H groups in total. The number of hydrogen-bond acceptors (Lipinski definition) is 3. The van der Waals surface area contributed by atoms with E-state index in [9.17, 15) is 0 Å². The van der Waals surface area contributed by atoms with Crippen molar-refractivity contribution in [1.82, 2.24) is 14.5 Å². The van der Waals surface area contributed by atoms with E-state index in [4.69, 9.17) is 14.4 Å². The first-order valence-corrected chi connectivity index (χ1v) is 19.1. The van der Waals surface area contributed by atoms with Gasteiger partial charge in [-0.25, -0.2) is 9.97 Å².